The molecule has 0 radical (unpaired) electrons. The van der Waals surface area contributed by atoms with Crippen molar-refractivity contribution < 1.29 is 24.5 Å². The minimum atomic E-state index is -0.793. The monoisotopic (exact) mass is 756 g/mol. The lowest BCUT2D eigenvalue weighted by Crippen LogP contribution is -2.46. The zero-order chi connectivity index (χ0) is 39.6. The van der Waals surface area contributed by atoms with Gasteiger partial charge in [0.05, 0.1) is 25.2 Å². The fraction of sp³-hybridized carbons (Fsp3) is 0.750. The Kier molecular flexibility index (Phi) is 39.8. The maximum Gasteiger partial charge on any atom is 0.306 e. The number of nitrogens with one attached hydrogen (secondary N) is 1. The van der Waals surface area contributed by atoms with Gasteiger partial charge in [-0.05, 0) is 44.9 Å². The van der Waals surface area contributed by atoms with Crippen LogP contribution in [0.1, 0.15) is 207 Å². The molecule has 0 saturated heterocycles. The van der Waals surface area contributed by atoms with Crippen molar-refractivity contribution in [2.75, 3.05) is 6.61 Å². The van der Waals surface area contributed by atoms with Crippen molar-refractivity contribution in [3.8, 4) is 0 Å². The summed E-state index contributed by atoms with van der Waals surface area (Å²) in [6.45, 7) is 6.29. The van der Waals surface area contributed by atoms with Gasteiger partial charge in [0.1, 0.15) is 6.10 Å². The Morgan fingerprint density at radius 3 is 1.50 bits per heavy atom. The molecule has 0 fully saturated rings. The normalized spacial score (nSPS) is 13.9. The predicted octanol–water partition coefficient (Wildman–Crippen LogP) is 12.9. The maximum atomic E-state index is 13.1. The molecule has 0 heterocycles. The molecule has 6 nitrogen and oxygen atoms in total. The molecule has 0 aliphatic heterocycles. The summed E-state index contributed by atoms with van der Waals surface area (Å²) in [5.41, 5.74) is 0. The minimum Gasteiger partial charge on any atom is -0.462 e. The van der Waals surface area contributed by atoms with Crippen molar-refractivity contribution in [2.24, 2.45) is 0 Å². The molecular weight excluding hydrogens is 671 g/mol. The average molecular weight is 756 g/mol. The van der Waals surface area contributed by atoms with E-state index in [1.165, 1.54) is 89.9 Å². The molecule has 54 heavy (non-hydrogen) atoms. The molecule has 3 atom stereocenters. The van der Waals surface area contributed by atoms with Gasteiger partial charge in [-0.2, -0.15) is 0 Å². The number of unbranched alkanes of at least 4 members (excludes halogenated alkanes) is 21. The van der Waals surface area contributed by atoms with Crippen LogP contribution >= 0.6 is 0 Å². The molecule has 0 rings (SSSR count). The highest BCUT2D eigenvalue weighted by atomic mass is 16.5. The second-order valence-electron chi connectivity index (χ2n) is 15.2. The van der Waals surface area contributed by atoms with Gasteiger partial charge < -0.3 is 20.3 Å². The van der Waals surface area contributed by atoms with E-state index in [1.54, 1.807) is 0 Å². The number of hydrogen-bond donors (Lipinski definition) is 3. The van der Waals surface area contributed by atoms with E-state index in [1.807, 2.05) is 42.5 Å². The van der Waals surface area contributed by atoms with Crippen molar-refractivity contribution in [1.82, 2.24) is 5.32 Å². The smallest absolute Gasteiger partial charge is 0.306 e. The number of aliphatic hydroxyl groups excluding tert-OH is 2. The topological polar surface area (TPSA) is 95.9 Å². The van der Waals surface area contributed by atoms with Crippen LogP contribution in [-0.4, -0.2) is 46.9 Å². The highest BCUT2D eigenvalue weighted by Crippen LogP contribution is 2.17. The lowest BCUT2D eigenvalue weighted by molar-refractivity contribution is -0.151. The zero-order valence-electron chi connectivity index (χ0n) is 35.3. The molecule has 0 aromatic carbocycles. The second kappa shape index (κ2) is 41.7. The fourth-order valence-corrected chi connectivity index (χ4v) is 6.57. The Morgan fingerprint density at radius 1 is 0.556 bits per heavy atom. The molecule has 312 valence electrons. The van der Waals surface area contributed by atoms with E-state index in [0.717, 1.165) is 70.6 Å². The number of carbonyl (C=O) groups excluding carboxylic acids is 2. The van der Waals surface area contributed by atoms with Gasteiger partial charge in [0.25, 0.3) is 0 Å². The summed E-state index contributed by atoms with van der Waals surface area (Å²) in [6, 6.07) is -0.708. The van der Waals surface area contributed by atoms with E-state index < -0.39 is 18.2 Å². The molecule has 0 aliphatic rings. The summed E-state index contributed by atoms with van der Waals surface area (Å²) in [4.78, 5) is 25.9. The molecule has 0 spiro atoms. The van der Waals surface area contributed by atoms with Gasteiger partial charge in [0.15, 0.2) is 0 Å². The number of allylic oxidation sites excluding steroid dienone is 10. The first kappa shape index (κ1) is 51.6. The highest BCUT2D eigenvalue weighted by molar-refractivity contribution is 5.77. The first-order chi connectivity index (χ1) is 26.5. The number of ether oxygens (including phenoxy) is 1. The summed E-state index contributed by atoms with van der Waals surface area (Å²) in [5, 5.41) is 23.6. The van der Waals surface area contributed by atoms with Crippen LogP contribution in [0.4, 0.5) is 0 Å². The number of aliphatic hydroxyl groups is 2. The number of rotatable bonds is 39. The first-order valence-electron chi connectivity index (χ1n) is 22.6. The van der Waals surface area contributed by atoms with E-state index in [4.69, 9.17) is 4.74 Å². The molecule has 0 aromatic heterocycles. The van der Waals surface area contributed by atoms with Crippen molar-refractivity contribution >= 4 is 11.9 Å². The van der Waals surface area contributed by atoms with Crippen LogP contribution in [0.15, 0.2) is 60.8 Å². The Bertz CT molecular complexity index is 984. The predicted molar refractivity (Wildman–Crippen MR) is 232 cm³/mol. The van der Waals surface area contributed by atoms with Crippen LogP contribution in [0.5, 0.6) is 0 Å². The van der Waals surface area contributed by atoms with Crippen LogP contribution in [-0.2, 0) is 14.3 Å². The molecule has 0 saturated carbocycles. The number of amides is 1. The molecule has 3 N–H and O–H groups in total. The third-order valence-electron chi connectivity index (χ3n) is 9.99. The number of esters is 1. The maximum absolute atomic E-state index is 13.1. The Morgan fingerprint density at radius 2 is 1.00 bits per heavy atom. The lowest BCUT2D eigenvalue weighted by atomic mass is 10.0. The van der Waals surface area contributed by atoms with Gasteiger partial charge in [0, 0.05) is 6.42 Å². The largest absolute Gasteiger partial charge is 0.462 e. The summed E-state index contributed by atoms with van der Waals surface area (Å²) in [5.74, 6) is -0.528. The molecule has 3 unspecified atom stereocenters. The van der Waals surface area contributed by atoms with Gasteiger partial charge in [-0.25, -0.2) is 0 Å². The van der Waals surface area contributed by atoms with Crippen molar-refractivity contribution in [3.63, 3.8) is 0 Å². The van der Waals surface area contributed by atoms with Gasteiger partial charge in [-0.1, -0.05) is 210 Å². The second-order valence-corrected chi connectivity index (χ2v) is 15.2. The Labute approximate surface area is 333 Å². The van der Waals surface area contributed by atoms with Crippen LogP contribution in [0.3, 0.4) is 0 Å². The summed E-state index contributed by atoms with van der Waals surface area (Å²) >= 11 is 0. The molecular formula is C48H85NO5. The Balaban J connectivity index is 4.58. The molecule has 1 amide bonds. The highest BCUT2D eigenvalue weighted by Gasteiger charge is 2.24. The summed E-state index contributed by atoms with van der Waals surface area (Å²) < 4.78 is 5.86. The van der Waals surface area contributed by atoms with Gasteiger partial charge >= 0.3 is 5.97 Å². The van der Waals surface area contributed by atoms with Gasteiger partial charge in [-0.3, -0.25) is 9.59 Å². The fourth-order valence-electron chi connectivity index (χ4n) is 6.57. The van der Waals surface area contributed by atoms with Crippen LogP contribution < -0.4 is 5.32 Å². The van der Waals surface area contributed by atoms with Crippen LogP contribution in [0, 0.1) is 0 Å². The van der Waals surface area contributed by atoms with Gasteiger partial charge in [0.2, 0.25) is 5.91 Å². The molecule has 0 aliphatic carbocycles. The van der Waals surface area contributed by atoms with Gasteiger partial charge in [-0.15, -0.1) is 0 Å². The Hall–Kier alpha value is -2.44. The third-order valence-corrected chi connectivity index (χ3v) is 9.99. The summed E-state index contributed by atoms with van der Waals surface area (Å²) in [6.07, 6.45) is 49.9. The first-order valence-corrected chi connectivity index (χ1v) is 22.6. The van der Waals surface area contributed by atoms with Crippen molar-refractivity contribution in [2.45, 2.75) is 225 Å². The van der Waals surface area contributed by atoms with Crippen molar-refractivity contribution in [1.29, 1.82) is 0 Å². The van der Waals surface area contributed by atoms with E-state index in [2.05, 4.69) is 44.3 Å². The third kappa shape index (κ3) is 36.5. The quantitative estimate of drug-likeness (QED) is 0.0330. The average Bonchev–Trinajstić information content (AvgIpc) is 3.16. The number of carbonyl (C=O) groups is 2. The van der Waals surface area contributed by atoms with E-state index in [9.17, 15) is 19.8 Å². The van der Waals surface area contributed by atoms with Crippen molar-refractivity contribution in [3.05, 3.63) is 60.8 Å². The minimum absolute atomic E-state index is 0.0593. The van der Waals surface area contributed by atoms with Crippen LogP contribution in [0.25, 0.3) is 0 Å². The standard InChI is InChI=1S/C48H85NO5/c1-4-7-10-13-16-19-21-23-24-25-27-29-32-35-38-41-48(53)54-44(39-36-33-30-18-15-12-9-6-3)42-47(52)49-45(43-50)46(51)40-37-34-31-28-26-22-20-17-14-11-8-5-2/h7,10,13,16,19,21,23-25,27,44-46,50-51H,4-6,8-9,11-12,14-15,17-18,20,22,26,28-43H2,1-3H3,(H,49,52)/b10-7+,16-13+,21-19-,24-23-,27-25+. The van der Waals surface area contributed by atoms with E-state index >= 15 is 0 Å². The molecule has 0 bridgehead atoms. The van der Waals surface area contributed by atoms with E-state index in [0.29, 0.717) is 19.3 Å². The van der Waals surface area contributed by atoms with E-state index in [-0.39, 0.29) is 24.9 Å². The molecule has 6 heteroatoms. The van der Waals surface area contributed by atoms with Crippen LogP contribution in [0.2, 0.25) is 0 Å². The number of hydrogen-bond acceptors (Lipinski definition) is 5. The molecule has 0 aromatic rings. The lowest BCUT2D eigenvalue weighted by Gasteiger charge is -2.24. The summed E-state index contributed by atoms with van der Waals surface area (Å²) in [7, 11) is 0. The zero-order valence-corrected chi connectivity index (χ0v) is 35.3. The SMILES string of the molecule is CC/C=C/C=C/C=C\C=C/C=C/CCCCCC(=O)OC(CCCCCCCCCC)CC(=O)NC(CO)C(O)CCCCCCCCCCCCCC.